The predicted molar refractivity (Wildman–Crippen MR) is 93.7 cm³/mol. The molecule has 0 bridgehead atoms. The van der Waals surface area contributed by atoms with Gasteiger partial charge in [-0.2, -0.15) is 0 Å². The maximum atomic E-state index is 14.4. The Kier molecular flexibility index (Phi) is 5.83. The second-order valence-corrected chi connectivity index (χ2v) is 6.88. The third-order valence-electron chi connectivity index (χ3n) is 5.13. The van der Waals surface area contributed by atoms with E-state index in [9.17, 15) is 8.78 Å². The van der Waals surface area contributed by atoms with E-state index in [0.29, 0.717) is 23.7 Å². The van der Waals surface area contributed by atoms with Crippen molar-refractivity contribution in [3.05, 3.63) is 53.1 Å². The van der Waals surface area contributed by atoms with Crippen LogP contribution in [0.25, 0.3) is 5.57 Å². The van der Waals surface area contributed by atoms with Gasteiger partial charge in [-0.1, -0.05) is 43.2 Å². The van der Waals surface area contributed by atoms with E-state index in [1.54, 1.807) is 12.1 Å². The van der Waals surface area contributed by atoms with E-state index in [-0.39, 0.29) is 6.10 Å². The van der Waals surface area contributed by atoms with Gasteiger partial charge in [0.2, 0.25) is 0 Å². The number of hydrogen-bond acceptors (Lipinski definition) is 1. The van der Waals surface area contributed by atoms with Crippen LogP contribution in [-0.2, 0) is 4.74 Å². The number of unbranched alkanes of at least 4 members (excludes halogenated alkanes) is 2. The van der Waals surface area contributed by atoms with Crippen molar-refractivity contribution in [3.8, 4) is 0 Å². The maximum Gasteiger partial charge on any atom is 0.166 e. The highest BCUT2D eigenvalue weighted by molar-refractivity contribution is 5.67. The van der Waals surface area contributed by atoms with E-state index in [4.69, 9.17) is 4.74 Å². The van der Waals surface area contributed by atoms with Crippen molar-refractivity contribution in [1.29, 1.82) is 0 Å². The summed E-state index contributed by atoms with van der Waals surface area (Å²) in [6.45, 7) is 2.55. The van der Waals surface area contributed by atoms with Crippen LogP contribution in [-0.4, -0.2) is 6.61 Å². The van der Waals surface area contributed by atoms with Crippen molar-refractivity contribution < 1.29 is 13.5 Å². The highest BCUT2D eigenvalue weighted by Crippen LogP contribution is 2.38. The highest BCUT2D eigenvalue weighted by atomic mass is 19.2. The first-order valence-corrected chi connectivity index (χ1v) is 9.10. The molecule has 24 heavy (non-hydrogen) atoms. The molecule has 130 valence electrons. The molecule has 1 aromatic carbocycles. The highest BCUT2D eigenvalue weighted by Gasteiger charge is 2.30. The Morgan fingerprint density at radius 2 is 2.04 bits per heavy atom. The molecule has 2 aliphatic rings. The zero-order valence-corrected chi connectivity index (χ0v) is 14.4. The summed E-state index contributed by atoms with van der Waals surface area (Å²) < 4.78 is 33.6. The fourth-order valence-electron chi connectivity index (χ4n) is 3.55. The molecule has 1 aliphatic heterocycles. The molecule has 1 aromatic rings. The summed E-state index contributed by atoms with van der Waals surface area (Å²) in [6, 6.07) is 3.40. The number of ether oxygens (including phenoxy) is 1. The Bertz CT molecular complexity index is 629. The van der Waals surface area contributed by atoms with Crippen LogP contribution in [0.2, 0.25) is 0 Å². The molecule has 2 unspecified atom stereocenters. The minimum atomic E-state index is -0.734. The maximum absolute atomic E-state index is 14.4. The lowest BCUT2D eigenvalue weighted by atomic mass is 9.83. The van der Waals surface area contributed by atoms with Crippen molar-refractivity contribution in [2.24, 2.45) is 5.92 Å². The van der Waals surface area contributed by atoms with Gasteiger partial charge in [0, 0.05) is 11.1 Å². The van der Waals surface area contributed by atoms with E-state index in [1.165, 1.54) is 19.3 Å². The molecule has 3 heteroatoms. The molecule has 1 aliphatic carbocycles. The Labute approximate surface area is 143 Å². The van der Waals surface area contributed by atoms with Crippen LogP contribution >= 0.6 is 0 Å². The van der Waals surface area contributed by atoms with Crippen LogP contribution in [0.4, 0.5) is 8.78 Å². The van der Waals surface area contributed by atoms with Gasteiger partial charge in [0.25, 0.3) is 0 Å². The second-order valence-electron chi connectivity index (χ2n) is 6.88. The number of allylic oxidation sites excluding steroid dienone is 4. The molecule has 0 spiro atoms. The topological polar surface area (TPSA) is 12.5 Å². The summed E-state index contributed by atoms with van der Waals surface area (Å²) >= 11 is 0. The van der Waals surface area contributed by atoms with Crippen molar-refractivity contribution in [2.75, 3.05) is 6.61 Å². The fourth-order valence-corrected chi connectivity index (χ4v) is 3.55. The van der Waals surface area contributed by atoms with Gasteiger partial charge in [-0.05, 0) is 50.5 Å². The first kappa shape index (κ1) is 17.3. The van der Waals surface area contributed by atoms with Crippen LogP contribution < -0.4 is 0 Å². The molecular weight excluding hydrogens is 306 g/mol. The second kappa shape index (κ2) is 8.06. The molecule has 0 aromatic heterocycles. The third kappa shape index (κ3) is 4.13. The first-order valence-electron chi connectivity index (χ1n) is 9.10. The van der Waals surface area contributed by atoms with Gasteiger partial charge in [0.15, 0.2) is 11.6 Å². The molecule has 2 atom stereocenters. The molecule has 0 N–H and O–H groups in total. The largest absolute Gasteiger partial charge is 0.368 e. The SMILES string of the molecule is C/C=C/CCCCC1CC=C(c2ccc(C3CO3)c(F)c2F)CC1. The van der Waals surface area contributed by atoms with Crippen LogP contribution in [0.1, 0.15) is 69.1 Å². The average Bonchev–Trinajstić information content (AvgIpc) is 3.43. The van der Waals surface area contributed by atoms with Crippen LogP contribution in [0.15, 0.2) is 30.4 Å². The lowest BCUT2D eigenvalue weighted by Gasteiger charge is -2.22. The number of benzene rings is 1. The lowest BCUT2D eigenvalue weighted by molar-refractivity contribution is 0.400. The van der Waals surface area contributed by atoms with E-state index >= 15 is 0 Å². The smallest absolute Gasteiger partial charge is 0.166 e. The van der Waals surface area contributed by atoms with Crippen LogP contribution in [0.5, 0.6) is 0 Å². The third-order valence-corrected chi connectivity index (χ3v) is 5.13. The zero-order valence-electron chi connectivity index (χ0n) is 14.4. The summed E-state index contributed by atoms with van der Waals surface area (Å²) in [5.74, 6) is -0.757. The summed E-state index contributed by atoms with van der Waals surface area (Å²) in [4.78, 5) is 0. The fraction of sp³-hybridized carbons (Fsp3) is 0.524. The summed E-state index contributed by atoms with van der Waals surface area (Å²) in [5.41, 5.74) is 1.75. The Morgan fingerprint density at radius 1 is 1.21 bits per heavy atom. The summed E-state index contributed by atoms with van der Waals surface area (Å²) in [7, 11) is 0. The monoisotopic (exact) mass is 332 g/mol. The Balaban J connectivity index is 1.58. The van der Waals surface area contributed by atoms with Crippen molar-refractivity contribution in [3.63, 3.8) is 0 Å². The first-order chi connectivity index (χ1) is 11.7. The molecule has 3 rings (SSSR count). The van der Waals surface area contributed by atoms with Crippen molar-refractivity contribution in [2.45, 2.75) is 58.0 Å². The van der Waals surface area contributed by atoms with Crippen molar-refractivity contribution >= 4 is 5.57 Å². The summed E-state index contributed by atoms with van der Waals surface area (Å²) in [5, 5.41) is 0. The van der Waals surface area contributed by atoms with Crippen LogP contribution in [0.3, 0.4) is 0 Å². The van der Waals surface area contributed by atoms with Gasteiger partial charge in [-0.25, -0.2) is 8.78 Å². The minimum absolute atomic E-state index is 0.249. The van der Waals surface area contributed by atoms with Crippen molar-refractivity contribution in [1.82, 2.24) is 0 Å². The van der Waals surface area contributed by atoms with Gasteiger partial charge in [0.05, 0.1) is 6.61 Å². The molecule has 1 nitrogen and oxygen atoms in total. The van der Waals surface area contributed by atoms with Crippen LogP contribution in [0, 0.1) is 17.6 Å². The van der Waals surface area contributed by atoms with E-state index in [1.807, 2.05) is 0 Å². The number of rotatable bonds is 7. The van der Waals surface area contributed by atoms with Gasteiger partial charge >= 0.3 is 0 Å². The molecule has 1 heterocycles. The molecule has 0 radical (unpaired) electrons. The number of halogens is 2. The Morgan fingerprint density at radius 3 is 2.71 bits per heavy atom. The Hall–Kier alpha value is -1.48. The van der Waals surface area contributed by atoms with E-state index in [0.717, 1.165) is 31.3 Å². The molecular formula is C21H26F2O. The van der Waals surface area contributed by atoms with Gasteiger partial charge < -0.3 is 4.74 Å². The van der Waals surface area contributed by atoms with Gasteiger partial charge in [-0.3, -0.25) is 0 Å². The lowest BCUT2D eigenvalue weighted by Crippen LogP contribution is -2.07. The molecule has 0 amide bonds. The zero-order chi connectivity index (χ0) is 16.9. The van der Waals surface area contributed by atoms with E-state index < -0.39 is 11.6 Å². The molecule has 0 saturated carbocycles. The normalized spacial score (nSPS) is 23.5. The number of epoxide rings is 1. The molecule has 1 saturated heterocycles. The standard InChI is InChI=1S/C21H26F2O/c1-2-3-4-5-6-7-15-8-10-16(11-9-15)17-12-13-18(19-14-24-19)21(23)20(17)22/h2-3,10,12-13,15,19H,4-9,11,14H2,1H3/b3-2+. The predicted octanol–water partition coefficient (Wildman–Crippen LogP) is 6.36. The molecule has 1 fully saturated rings. The van der Waals surface area contributed by atoms with Gasteiger partial charge in [0.1, 0.15) is 6.10 Å². The average molecular weight is 332 g/mol. The summed E-state index contributed by atoms with van der Waals surface area (Å²) in [6.07, 6.45) is 14.0. The van der Waals surface area contributed by atoms with Gasteiger partial charge in [-0.15, -0.1) is 0 Å². The quantitative estimate of drug-likeness (QED) is 0.322. The van der Waals surface area contributed by atoms with E-state index in [2.05, 4.69) is 25.2 Å². The minimum Gasteiger partial charge on any atom is -0.368 e. The number of hydrogen-bond donors (Lipinski definition) is 0.